The van der Waals surface area contributed by atoms with E-state index in [0.29, 0.717) is 10.1 Å². The van der Waals surface area contributed by atoms with Crippen molar-refractivity contribution in [3.8, 4) is 5.75 Å². The summed E-state index contributed by atoms with van der Waals surface area (Å²) in [6.45, 7) is 2.99. The van der Waals surface area contributed by atoms with Crippen LogP contribution in [0.5, 0.6) is 5.75 Å². The first-order valence-electron chi connectivity index (χ1n) is 8.56. The lowest BCUT2D eigenvalue weighted by molar-refractivity contribution is -0.308. The molecule has 4 nitrogen and oxygen atoms in total. The van der Waals surface area contributed by atoms with Gasteiger partial charge < -0.3 is 9.84 Å². The number of rotatable bonds is 5. The summed E-state index contributed by atoms with van der Waals surface area (Å²) in [6.07, 6.45) is -4.56. The molecule has 0 amide bonds. The van der Waals surface area contributed by atoms with Crippen molar-refractivity contribution in [3.63, 3.8) is 0 Å². The van der Waals surface area contributed by atoms with Crippen LogP contribution in [-0.2, 0) is 11.1 Å². The molecule has 1 atom stereocenters. The van der Waals surface area contributed by atoms with Crippen LogP contribution in [0.3, 0.4) is 0 Å². The molecule has 0 aliphatic heterocycles. The highest BCUT2D eigenvalue weighted by Crippen LogP contribution is 2.46. The van der Waals surface area contributed by atoms with Crippen molar-refractivity contribution in [3.05, 3.63) is 60.0 Å². The first-order chi connectivity index (χ1) is 13.0. The predicted octanol–water partition coefficient (Wildman–Crippen LogP) is 4.76. The van der Waals surface area contributed by atoms with Crippen molar-refractivity contribution in [2.75, 3.05) is 7.11 Å². The van der Waals surface area contributed by atoms with E-state index in [2.05, 4.69) is 5.10 Å². The maximum Gasteiger partial charge on any atom is 0.438 e. The minimum Gasteiger partial charge on any atom is -0.496 e. The molecule has 2 aromatic carbocycles. The number of nitrogens with zero attached hydrogens (tertiary/aromatic N) is 2. The third-order valence-corrected chi connectivity index (χ3v) is 4.86. The number of aliphatic hydroxyl groups is 1. The van der Waals surface area contributed by atoms with E-state index in [-0.39, 0.29) is 16.8 Å². The van der Waals surface area contributed by atoms with Gasteiger partial charge in [-0.25, -0.2) is 9.07 Å². The van der Waals surface area contributed by atoms with Crippen molar-refractivity contribution < 1.29 is 27.4 Å². The molecule has 0 saturated heterocycles. The molecule has 0 saturated carbocycles. The molecule has 1 unspecified atom stereocenters. The molecule has 3 rings (SSSR count). The Hall–Kier alpha value is -2.61. The zero-order valence-electron chi connectivity index (χ0n) is 15.6. The molecular weight excluding hydrogens is 376 g/mol. The fraction of sp³-hybridized carbons (Fsp3) is 0.350. The molecule has 150 valence electrons. The summed E-state index contributed by atoms with van der Waals surface area (Å²) in [5.41, 5.74) is -4.25. The summed E-state index contributed by atoms with van der Waals surface area (Å²) in [4.78, 5) is 0. The Balaban J connectivity index is 2.15. The molecule has 0 aliphatic rings. The third-order valence-electron chi connectivity index (χ3n) is 4.86. The van der Waals surface area contributed by atoms with Crippen LogP contribution in [-0.4, -0.2) is 28.2 Å². The summed E-state index contributed by atoms with van der Waals surface area (Å²) < 4.78 is 61.8. The number of ether oxygens (including phenoxy) is 1. The minimum atomic E-state index is -5.03. The zero-order valence-corrected chi connectivity index (χ0v) is 15.6. The van der Waals surface area contributed by atoms with Gasteiger partial charge in [-0.05, 0) is 29.7 Å². The van der Waals surface area contributed by atoms with Crippen LogP contribution < -0.4 is 4.74 Å². The lowest BCUT2D eigenvalue weighted by Crippen LogP contribution is -2.51. The second-order valence-corrected chi connectivity index (χ2v) is 7.33. The predicted molar refractivity (Wildman–Crippen MR) is 96.6 cm³/mol. The van der Waals surface area contributed by atoms with Crippen LogP contribution in [0, 0.1) is 5.82 Å². The van der Waals surface area contributed by atoms with Crippen molar-refractivity contribution in [2.45, 2.75) is 37.6 Å². The van der Waals surface area contributed by atoms with E-state index in [4.69, 9.17) is 4.74 Å². The molecular formula is C20H20F4N2O2. The summed E-state index contributed by atoms with van der Waals surface area (Å²) in [6, 6.07) is 9.93. The zero-order chi connectivity index (χ0) is 20.7. The van der Waals surface area contributed by atoms with Gasteiger partial charge in [0.15, 0.2) is 0 Å². The molecule has 0 bridgehead atoms. The molecule has 1 aromatic heterocycles. The van der Waals surface area contributed by atoms with E-state index in [1.807, 2.05) is 0 Å². The second kappa shape index (κ2) is 6.77. The number of halogens is 4. The Labute approximate surface area is 159 Å². The Morgan fingerprint density at radius 2 is 1.79 bits per heavy atom. The van der Waals surface area contributed by atoms with Gasteiger partial charge in [-0.15, -0.1) is 0 Å². The average molecular weight is 396 g/mol. The summed E-state index contributed by atoms with van der Waals surface area (Å²) in [5, 5.41) is 15.2. The molecule has 0 fully saturated rings. The topological polar surface area (TPSA) is 47.3 Å². The van der Waals surface area contributed by atoms with E-state index in [0.717, 1.165) is 12.1 Å². The van der Waals surface area contributed by atoms with E-state index >= 15 is 0 Å². The van der Waals surface area contributed by atoms with Gasteiger partial charge >= 0.3 is 6.18 Å². The van der Waals surface area contributed by atoms with Crippen LogP contribution >= 0.6 is 0 Å². The Morgan fingerprint density at radius 1 is 1.11 bits per heavy atom. The highest BCUT2D eigenvalue weighted by atomic mass is 19.4. The molecule has 0 spiro atoms. The maximum atomic E-state index is 14.1. The third kappa shape index (κ3) is 3.32. The van der Waals surface area contributed by atoms with Crippen molar-refractivity contribution >= 4 is 10.9 Å². The molecule has 8 heteroatoms. The number of benzene rings is 2. The van der Waals surface area contributed by atoms with Gasteiger partial charge in [-0.1, -0.05) is 32.0 Å². The minimum absolute atomic E-state index is 0.143. The van der Waals surface area contributed by atoms with E-state index < -0.39 is 29.6 Å². The quantitative estimate of drug-likeness (QED) is 0.633. The lowest BCUT2D eigenvalue weighted by Gasteiger charge is -2.38. The standard InChI is InChI=1S/C20H20F4N2O2/c1-18(2,15-10-14(21)8-9-17(15)28-3)12-19(27,20(22,23)24)26-16-7-5-4-6-13(16)11-25-26/h4-11,27H,12H2,1-3H3. The number of hydrogen-bond donors (Lipinski definition) is 1. The van der Waals surface area contributed by atoms with E-state index in [9.17, 15) is 22.7 Å². The number of alkyl halides is 3. The lowest BCUT2D eigenvalue weighted by atomic mass is 9.77. The van der Waals surface area contributed by atoms with Crippen molar-refractivity contribution in [2.24, 2.45) is 0 Å². The monoisotopic (exact) mass is 396 g/mol. The normalized spacial score (nSPS) is 14.9. The molecule has 1 N–H and O–H groups in total. The highest BCUT2D eigenvalue weighted by Gasteiger charge is 2.59. The molecule has 28 heavy (non-hydrogen) atoms. The van der Waals surface area contributed by atoms with Crippen LogP contribution in [0.25, 0.3) is 10.9 Å². The molecule has 0 radical (unpaired) electrons. The smallest absolute Gasteiger partial charge is 0.438 e. The van der Waals surface area contributed by atoms with E-state index in [1.54, 1.807) is 18.2 Å². The average Bonchev–Trinajstić information content (AvgIpc) is 3.05. The number of hydrogen-bond acceptors (Lipinski definition) is 3. The second-order valence-electron chi connectivity index (χ2n) is 7.33. The number of fused-ring (bicyclic) bond motifs is 1. The van der Waals surface area contributed by atoms with Crippen molar-refractivity contribution in [1.82, 2.24) is 9.78 Å². The largest absolute Gasteiger partial charge is 0.496 e. The number of methoxy groups -OCH3 is 1. The highest BCUT2D eigenvalue weighted by molar-refractivity contribution is 5.78. The van der Waals surface area contributed by atoms with Crippen LogP contribution in [0.1, 0.15) is 25.8 Å². The van der Waals surface area contributed by atoms with Crippen LogP contribution in [0.15, 0.2) is 48.7 Å². The fourth-order valence-corrected chi connectivity index (χ4v) is 3.48. The Kier molecular flexibility index (Phi) is 4.87. The Bertz CT molecular complexity index is 997. The van der Waals surface area contributed by atoms with Crippen LogP contribution in [0.4, 0.5) is 17.6 Å². The first kappa shape index (κ1) is 20.1. The van der Waals surface area contributed by atoms with E-state index in [1.165, 1.54) is 39.3 Å². The van der Waals surface area contributed by atoms with Gasteiger partial charge in [0.25, 0.3) is 5.72 Å². The molecule has 1 heterocycles. The van der Waals surface area contributed by atoms with Crippen molar-refractivity contribution in [1.29, 1.82) is 0 Å². The fourth-order valence-electron chi connectivity index (χ4n) is 3.48. The molecule has 0 aliphatic carbocycles. The SMILES string of the molecule is COc1ccc(F)cc1C(C)(C)CC(O)(n1ncc2ccccc21)C(F)(F)F. The number of aromatic nitrogens is 2. The summed E-state index contributed by atoms with van der Waals surface area (Å²) in [5.74, 6) is -0.370. The summed E-state index contributed by atoms with van der Waals surface area (Å²) >= 11 is 0. The van der Waals surface area contributed by atoms with Gasteiger partial charge in [0, 0.05) is 17.4 Å². The van der Waals surface area contributed by atoms with Gasteiger partial charge in [-0.2, -0.15) is 18.3 Å². The molecule has 3 aromatic rings. The van der Waals surface area contributed by atoms with Gasteiger partial charge in [0.05, 0.1) is 18.8 Å². The van der Waals surface area contributed by atoms with Crippen LogP contribution in [0.2, 0.25) is 0 Å². The maximum absolute atomic E-state index is 14.1. The van der Waals surface area contributed by atoms with Gasteiger partial charge in [0.1, 0.15) is 11.6 Å². The summed E-state index contributed by atoms with van der Waals surface area (Å²) in [7, 11) is 1.35. The number of para-hydroxylation sites is 1. The Morgan fingerprint density at radius 3 is 2.43 bits per heavy atom. The van der Waals surface area contributed by atoms with Gasteiger partial charge in [-0.3, -0.25) is 0 Å². The van der Waals surface area contributed by atoms with Gasteiger partial charge in [0.2, 0.25) is 0 Å². The first-order valence-corrected chi connectivity index (χ1v) is 8.56.